The average Bonchev–Trinajstić information content (AvgIpc) is 3.71. The lowest BCUT2D eigenvalue weighted by Gasteiger charge is -2.30. The van der Waals surface area contributed by atoms with Crippen molar-refractivity contribution in [1.29, 1.82) is 5.26 Å². The van der Waals surface area contributed by atoms with Crippen LogP contribution in [0, 0.1) is 18.3 Å². The number of aryl methyl sites for hydroxylation is 2. The third kappa shape index (κ3) is 8.67. The molecular weight excluding hydrogens is 650 g/mol. The summed E-state index contributed by atoms with van der Waals surface area (Å²) in [5.41, 5.74) is 7.58. The summed E-state index contributed by atoms with van der Waals surface area (Å²) >= 11 is 0. The maximum atomic E-state index is 10.6. The highest BCUT2D eigenvalue weighted by atomic mass is 19.4. The van der Waals surface area contributed by atoms with Crippen LogP contribution in [0.25, 0.3) is 28.1 Å². The number of carboxylic acid groups (broad SMARTS) is 2. The number of fused-ring (bicyclic) bond motifs is 3. The van der Waals surface area contributed by atoms with Gasteiger partial charge in [0.05, 0.1) is 35.8 Å². The van der Waals surface area contributed by atoms with Gasteiger partial charge in [0.1, 0.15) is 11.5 Å². The fraction of sp³-hybridized carbons (Fsp3) is 0.333. The van der Waals surface area contributed by atoms with E-state index in [-0.39, 0.29) is 0 Å². The summed E-state index contributed by atoms with van der Waals surface area (Å²) in [5, 5.41) is 36.6. The topological polar surface area (TPSA) is 155 Å². The second-order valence-corrected chi connectivity index (χ2v) is 10.6. The molecule has 0 atom stereocenters. The molecular formula is C30H28F6N8O4. The number of nitriles is 1. The number of pyridine rings is 1. The summed E-state index contributed by atoms with van der Waals surface area (Å²) in [6.07, 6.45) is -6.48. The number of hydrogen-bond donors (Lipinski definition) is 2. The van der Waals surface area contributed by atoms with Crippen LogP contribution in [0.3, 0.4) is 0 Å². The van der Waals surface area contributed by atoms with E-state index in [1.165, 1.54) is 30.6 Å². The van der Waals surface area contributed by atoms with Crippen molar-refractivity contribution >= 4 is 28.6 Å². The predicted octanol–water partition coefficient (Wildman–Crippen LogP) is 5.29. The van der Waals surface area contributed by atoms with Crippen LogP contribution < -0.4 is 0 Å². The van der Waals surface area contributed by atoms with Gasteiger partial charge in [-0.3, -0.25) is 14.0 Å². The molecule has 1 fully saturated rings. The SMILES string of the molecule is Cc1nnc2ccc3c(cc(-c4ccn(CCC#N)n4)n3Cc3cccc(CN4CCC4)c3)n12.O=C(O)C(F)(F)F.O=C(O)C(F)(F)F. The molecule has 0 aliphatic carbocycles. The minimum atomic E-state index is -5.08. The van der Waals surface area contributed by atoms with Crippen LogP contribution in [0.4, 0.5) is 26.3 Å². The van der Waals surface area contributed by atoms with Crippen LogP contribution in [0.2, 0.25) is 0 Å². The van der Waals surface area contributed by atoms with E-state index in [1.54, 1.807) is 0 Å². The number of carbonyl (C=O) groups is 2. The number of likely N-dealkylation sites (tertiary alicyclic amines) is 1. The molecule has 1 aliphatic heterocycles. The lowest BCUT2D eigenvalue weighted by Crippen LogP contribution is -2.36. The van der Waals surface area contributed by atoms with Gasteiger partial charge >= 0.3 is 24.3 Å². The number of hydrogen-bond acceptors (Lipinski definition) is 7. The molecule has 1 aromatic carbocycles. The Labute approximate surface area is 268 Å². The summed E-state index contributed by atoms with van der Waals surface area (Å²) in [4.78, 5) is 20.3. The van der Waals surface area contributed by atoms with E-state index in [0.717, 1.165) is 47.0 Å². The molecule has 5 aromatic rings. The normalized spacial score (nSPS) is 13.2. The minimum Gasteiger partial charge on any atom is -0.475 e. The largest absolute Gasteiger partial charge is 0.490 e. The minimum absolute atomic E-state index is 0.439. The molecule has 48 heavy (non-hydrogen) atoms. The molecule has 1 saturated heterocycles. The first-order valence-corrected chi connectivity index (χ1v) is 14.2. The van der Waals surface area contributed by atoms with Crippen molar-refractivity contribution in [3.63, 3.8) is 0 Å². The molecule has 12 nitrogen and oxygen atoms in total. The number of nitrogens with zero attached hydrogens (tertiary/aromatic N) is 8. The van der Waals surface area contributed by atoms with Gasteiger partial charge in [-0.2, -0.15) is 36.7 Å². The van der Waals surface area contributed by atoms with Crippen molar-refractivity contribution in [2.75, 3.05) is 13.1 Å². The Bertz CT molecular complexity index is 1930. The fourth-order valence-corrected chi connectivity index (χ4v) is 4.82. The molecule has 6 rings (SSSR count). The zero-order chi connectivity index (χ0) is 35.2. The third-order valence-electron chi connectivity index (χ3n) is 7.13. The highest BCUT2D eigenvalue weighted by molar-refractivity contribution is 5.86. The van der Waals surface area contributed by atoms with Gasteiger partial charge < -0.3 is 14.8 Å². The van der Waals surface area contributed by atoms with Crippen molar-refractivity contribution in [2.24, 2.45) is 0 Å². The van der Waals surface area contributed by atoms with Gasteiger partial charge in [0.2, 0.25) is 0 Å². The fourth-order valence-electron chi connectivity index (χ4n) is 4.82. The van der Waals surface area contributed by atoms with Crippen LogP contribution in [-0.2, 0) is 29.2 Å². The average molecular weight is 679 g/mol. The monoisotopic (exact) mass is 678 g/mol. The molecule has 18 heteroatoms. The maximum absolute atomic E-state index is 10.6. The molecule has 2 N–H and O–H groups in total. The van der Waals surface area contributed by atoms with Crippen LogP contribution in [0.15, 0.2) is 54.7 Å². The summed E-state index contributed by atoms with van der Waals surface area (Å²) in [6.45, 7) is 6.70. The van der Waals surface area contributed by atoms with E-state index < -0.39 is 24.3 Å². The van der Waals surface area contributed by atoms with Gasteiger partial charge in [-0.15, -0.1) is 10.2 Å². The zero-order valence-corrected chi connectivity index (χ0v) is 25.2. The summed E-state index contributed by atoms with van der Waals surface area (Å²) < 4.78 is 69.7. The molecule has 0 amide bonds. The smallest absolute Gasteiger partial charge is 0.475 e. The van der Waals surface area contributed by atoms with E-state index in [2.05, 4.69) is 66.5 Å². The third-order valence-corrected chi connectivity index (χ3v) is 7.13. The number of rotatable bonds is 7. The first-order chi connectivity index (χ1) is 22.6. The van der Waals surface area contributed by atoms with E-state index in [0.29, 0.717) is 13.0 Å². The summed E-state index contributed by atoms with van der Waals surface area (Å²) in [6, 6.07) is 19.4. The van der Waals surface area contributed by atoms with Crippen LogP contribution in [0.1, 0.15) is 29.8 Å². The first kappa shape index (κ1) is 35.4. The summed E-state index contributed by atoms with van der Waals surface area (Å²) in [7, 11) is 0. The van der Waals surface area contributed by atoms with E-state index in [1.807, 2.05) is 29.9 Å². The van der Waals surface area contributed by atoms with Gasteiger partial charge in [0.25, 0.3) is 0 Å². The van der Waals surface area contributed by atoms with Gasteiger partial charge in [-0.25, -0.2) is 9.59 Å². The number of alkyl halides is 6. The number of benzene rings is 1. The van der Waals surface area contributed by atoms with E-state index >= 15 is 0 Å². The number of carboxylic acids is 2. The number of aliphatic carboxylic acids is 2. The molecule has 0 radical (unpaired) electrons. The van der Waals surface area contributed by atoms with Crippen LogP contribution in [0.5, 0.6) is 0 Å². The van der Waals surface area contributed by atoms with Gasteiger partial charge in [0.15, 0.2) is 5.65 Å². The molecule has 254 valence electrons. The molecule has 4 aromatic heterocycles. The van der Waals surface area contributed by atoms with E-state index in [4.69, 9.17) is 30.2 Å². The van der Waals surface area contributed by atoms with Gasteiger partial charge in [0, 0.05) is 19.3 Å². The zero-order valence-electron chi connectivity index (χ0n) is 25.2. The standard InChI is InChI=1S/C26H26N8.2C2HF3O2/c1-19-28-29-26-8-7-23-25(34(19)26)16-24(22-9-14-32(30-22)13-3-10-27)33(23)18-21-6-2-5-20(15-21)17-31-11-4-12-31;2*3-2(4,5)1(6)7/h2,5-9,14-16H,3-4,11-13,17-18H2,1H3;2*(H,6,7). The van der Waals surface area contributed by atoms with Crippen molar-refractivity contribution in [1.82, 2.24) is 33.8 Å². The Kier molecular flexibility index (Phi) is 10.7. The Morgan fingerprint density at radius 3 is 2.08 bits per heavy atom. The molecule has 0 bridgehead atoms. The number of halogens is 6. The van der Waals surface area contributed by atoms with Gasteiger partial charge in [-0.1, -0.05) is 24.3 Å². The Hall–Kier alpha value is -5.44. The number of aromatic nitrogens is 6. The molecule has 5 heterocycles. The molecule has 0 unspecified atom stereocenters. The highest BCUT2D eigenvalue weighted by Gasteiger charge is 2.38. The first-order valence-electron chi connectivity index (χ1n) is 14.2. The quantitative estimate of drug-likeness (QED) is 0.219. The highest BCUT2D eigenvalue weighted by Crippen LogP contribution is 2.30. The molecule has 1 aliphatic rings. The lowest BCUT2D eigenvalue weighted by molar-refractivity contribution is -0.193. The van der Waals surface area contributed by atoms with Crippen LogP contribution in [-0.4, -0.2) is 81.4 Å². The maximum Gasteiger partial charge on any atom is 0.490 e. The van der Waals surface area contributed by atoms with Crippen molar-refractivity contribution in [3.05, 3.63) is 71.7 Å². The Morgan fingerprint density at radius 2 is 1.52 bits per heavy atom. The lowest BCUT2D eigenvalue weighted by atomic mass is 10.1. The Morgan fingerprint density at radius 1 is 0.896 bits per heavy atom. The Balaban J connectivity index is 0.000000314. The van der Waals surface area contributed by atoms with Crippen LogP contribution >= 0.6 is 0 Å². The van der Waals surface area contributed by atoms with Crippen molar-refractivity contribution in [2.45, 2.75) is 51.8 Å². The second-order valence-electron chi connectivity index (χ2n) is 10.6. The van der Waals surface area contributed by atoms with E-state index in [9.17, 15) is 26.3 Å². The van der Waals surface area contributed by atoms with Crippen molar-refractivity contribution < 1.29 is 46.1 Å². The second kappa shape index (κ2) is 14.5. The predicted molar refractivity (Wildman–Crippen MR) is 157 cm³/mol. The van der Waals surface area contributed by atoms with Crippen molar-refractivity contribution in [3.8, 4) is 17.5 Å². The van der Waals surface area contributed by atoms with Gasteiger partial charge in [-0.05, 0) is 61.8 Å². The molecule has 0 spiro atoms. The summed E-state index contributed by atoms with van der Waals surface area (Å²) in [5.74, 6) is -4.65. The molecule has 0 saturated carbocycles.